The molecule has 0 bridgehead atoms. The van der Waals surface area contributed by atoms with E-state index in [2.05, 4.69) is 0 Å². The van der Waals surface area contributed by atoms with Crippen molar-refractivity contribution < 1.29 is 23.1 Å². The second kappa shape index (κ2) is 8.04. The molecule has 2 fully saturated rings. The number of primary amides is 1. The topological polar surface area (TPSA) is 110 Å². The van der Waals surface area contributed by atoms with Crippen molar-refractivity contribution in [3.05, 3.63) is 29.8 Å². The molecule has 0 aliphatic carbocycles. The Morgan fingerprint density at radius 2 is 1.88 bits per heavy atom. The predicted molar refractivity (Wildman–Crippen MR) is 95.9 cm³/mol. The lowest BCUT2D eigenvalue weighted by Gasteiger charge is -2.25. The third-order valence-electron chi connectivity index (χ3n) is 5.30. The van der Waals surface area contributed by atoms with Gasteiger partial charge >= 0.3 is 0 Å². The molecule has 0 saturated carbocycles. The molecule has 3 N–H and O–H groups in total. The largest absolute Gasteiger partial charge is 0.392 e. The molecule has 0 radical (unpaired) electrons. The number of amides is 1. The van der Waals surface area contributed by atoms with Crippen LogP contribution in [0, 0.1) is 5.92 Å². The average Bonchev–Trinajstić information content (AvgIpc) is 3.08. The Labute approximate surface area is 154 Å². The maximum atomic E-state index is 12.6. The van der Waals surface area contributed by atoms with Gasteiger partial charge in [-0.25, -0.2) is 8.42 Å². The lowest BCUT2D eigenvalue weighted by Crippen LogP contribution is -2.30. The van der Waals surface area contributed by atoms with Gasteiger partial charge in [-0.1, -0.05) is 12.1 Å². The highest BCUT2D eigenvalue weighted by molar-refractivity contribution is 7.89. The van der Waals surface area contributed by atoms with Crippen molar-refractivity contribution in [3.63, 3.8) is 0 Å². The zero-order valence-electron chi connectivity index (χ0n) is 14.7. The van der Waals surface area contributed by atoms with Crippen molar-refractivity contribution in [2.45, 2.75) is 42.6 Å². The average molecular weight is 382 g/mol. The molecule has 2 aliphatic rings. The van der Waals surface area contributed by atoms with E-state index in [1.54, 1.807) is 12.1 Å². The molecule has 2 saturated heterocycles. The number of carbonyl (C=O) groups excluding carboxylic acids is 1. The monoisotopic (exact) mass is 382 g/mol. The smallest absolute Gasteiger partial charge is 0.243 e. The van der Waals surface area contributed by atoms with Gasteiger partial charge in [0.1, 0.15) is 0 Å². The lowest BCUT2D eigenvalue weighted by atomic mass is 9.85. The van der Waals surface area contributed by atoms with Gasteiger partial charge in [0.15, 0.2) is 0 Å². The fourth-order valence-corrected chi connectivity index (χ4v) is 5.17. The molecule has 1 aromatic carbocycles. The Morgan fingerprint density at radius 1 is 1.23 bits per heavy atom. The van der Waals surface area contributed by atoms with Gasteiger partial charge in [0.25, 0.3) is 0 Å². The number of hydrogen-bond donors (Lipinski definition) is 2. The first-order chi connectivity index (χ1) is 12.4. The summed E-state index contributed by atoms with van der Waals surface area (Å²) in [4.78, 5) is 12.1. The van der Waals surface area contributed by atoms with Gasteiger partial charge in [-0.3, -0.25) is 4.79 Å². The van der Waals surface area contributed by atoms with E-state index in [0.717, 1.165) is 18.4 Å². The summed E-state index contributed by atoms with van der Waals surface area (Å²) in [5, 5.41) is 9.58. The number of aliphatic hydroxyl groups excluding tert-OH is 1. The van der Waals surface area contributed by atoms with E-state index < -0.39 is 28.0 Å². The van der Waals surface area contributed by atoms with Crippen molar-refractivity contribution in [3.8, 4) is 0 Å². The second-order valence-corrected chi connectivity index (χ2v) is 9.06. The van der Waals surface area contributed by atoms with E-state index in [0.29, 0.717) is 38.5 Å². The fraction of sp³-hybridized carbons (Fsp3) is 0.611. The molecule has 144 valence electrons. The Balaban J connectivity index is 1.75. The van der Waals surface area contributed by atoms with Crippen LogP contribution in [0.2, 0.25) is 0 Å². The standard InChI is InChI=1S/C18H26N2O5S/c19-18(22)17(11-13-6-9-25-10-7-13)14-1-3-16(4-2-14)26(23,24)20-8-5-15(21)12-20/h1-4,13,15,17,21H,5-12H2,(H2,19,22)/t15-,17?/m0/s1. The molecular formula is C18H26N2O5S. The number of β-amino-alcohol motifs (C(OH)–C–C–N with tert-alkyl or cyclic N) is 1. The van der Waals surface area contributed by atoms with Crippen LogP contribution in [0.5, 0.6) is 0 Å². The summed E-state index contributed by atoms with van der Waals surface area (Å²) in [6.45, 7) is 1.85. The van der Waals surface area contributed by atoms with Crippen LogP contribution >= 0.6 is 0 Å². The summed E-state index contributed by atoms with van der Waals surface area (Å²) in [6.07, 6.45) is 2.32. The quantitative estimate of drug-likeness (QED) is 0.757. The van der Waals surface area contributed by atoms with E-state index in [9.17, 15) is 18.3 Å². The molecule has 0 aromatic heterocycles. The Kier molecular flexibility index (Phi) is 5.96. The fourth-order valence-electron chi connectivity index (χ4n) is 3.68. The number of nitrogens with zero attached hydrogens (tertiary/aromatic N) is 1. The normalized spacial score (nSPS) is 23.8. The van der Waals surface area contributed by atoms with Gasteiger partial charge in [0, 0.05) is 26.3 Å². The van der Waals surface area contributed by atoms with Crippen molar-refractivity contribution in [1.29, 1.82) is 0 Å². The van der Waals surface area contributed by atoms with Crippen molar-refractivity contribution in [2.24, 2.45) is 11.7 Å². The summed E-state index contributed by atoms with van der Waals surface area (Å²) in [7, 11) is -3.62. The van der Waals surface area contributed by atoms with E-state index in [1.807, 2.05) is 0 Å². The molecule has 26 heavy (non-hydrogen) atoms. The lowest BCUT2D eigenvalue weighted by molar-refractivity contribution is -0.120. The number of benzene rings is 1. The number of hydrogen-bond acceptors (Lipinski definition) is 5. The van der Waals surface area contributed by atoms with Gasteiger partial charge in [-0.2, -0.15) is 4.31 Å². The van der Waals surface area contributed by atoms with Crippen molar-refractivity contribution in [2.75, 3.05) is 26.3 Å². The molecule has 1 unspecified atom stereocenters. The van der Waals surface area contributed by atoms with Crippen molar-refractivity contribution >= 4 is 15.9 Å². The van der Waals surface area contributed by atoms with Crippen molar-refractivity contribution in [1.82, 2.24) is 4.31 Å². The number of carbonyl (C=O) groups is 1. The number of rotatable bonds is 6. The van der Waals surface area contributed by atoms with Gasteiger partial charge in [-0.15, -0.1) is 0 Å². The molecule has 0 spiro atoms. The van der Waals surface area contributed by atoms with Gasteiger partial charge < -0.3 is 15.6 Å². The van der Waals surface area contributed by atoms with Gasteiger partial charge in [0.2, 0.25) is 15.9 Å². The molecule has 7 nitrogen and oxygen atoms in total. The zero-order chi connectivity index (χ0) is 18.7. The Hall–Kier alpha value is -1.48. The first kappa shape index (κ1) is 19.3. The maximum absolute atomic E-state index is 12.6. The van der Waals surface area contributed by atoms with Crippen LogP contribution in [-0.2, 0) is 19.6 Å². The first-order valence-electron chi connectivity index (χ1n) is 9.03. The molecule has 1 aromatic rings. The zero-order valence-corrected chi connectivity index (χ0v) is 15.5. The van der Waals surface area contributed by atoms with E-state index in [4.69, 9.17) is 10.5 Å². The molecule has 3 rings (SSSR count). The summed E-state index contributed by atoms with van der Waals surface area (Å²) in [5.41, 5.74) is 6.34. The SMILES string of the molecule is NC(=O)C(CC1CCOCC1)c1ccc(S(=O)(=O)N2CC[C@H](O)C2)cc1. The van der Waals surface area contributed by atoms with E-state index in [1.165, 1.54) is 16.4 Å². The third-order valence-corrected chi connectivity index (χ3v) is 7.18. The summed E-state index contributed by atoms with van der Waals surface area (Å²) in [6, 6.07) is 6.40. The van der Waals surface area contributed by atoms with Crippen LogP contribution in [0.4, 0.5) is 0 Å². The van der Waals surface area contributed by atoms with Crippen LogP contribution in [0.1, 0.15) is 37.2 Å². The number of nitrogens with two attached hydrogens (primary N) is 1. The Morgan fingerprint density at radius 3 is 2.42 bits per heavy atom. The number of ether oxygens (including phenoxy) is 1. The van der Waals surface area contributed by atoms with Crippen LogP contribution in [0.25, 0.3) is 0 Å². The molecule has 1 amide bonds. The summed E-state index contributed by atoms with van der Waals surface area (Å²) >= 11 is 0. The highest BCUT2D eigenvalue weighted by Gasteiger charge is 2.32. The first-order valence-corrected chi connectivity index (χ1v) is 10.5. The molecule has 2 heterocycles. The van der Waals surface area contributed by atoms with Crippen LogP contribution in [0.3, 0.4) is 0 Å². The van der Waals surface area contributed by atoms with Gasteiger partial charge in [0.05, 0.1) is 16.9 Å². The Bertz CT molecular complexity index is 728. The number of sulfonamides is 1. The van der Waals surface area contributed by atoms with Crippen LogP contribution in [-0.4, -0.2) is 56.1 Å². The minimum atomic E-state index is -3.62. The summed E-state index contributed by atoms with van der Waals surface area (Å²) in [5.74, 6) is -0.436. The molecule has 2 atom stereocenters. The molecular weight excluding hydrogens is 356 g/mol. The number of aliphatic hydroxyl groups is 1. The second-order valence-electron chi connectivity index (χ2n) is 7.12. The maximum Gasteiger partial charge on any atom is 0.243 e. The minimum absolute atomic E-state index is 0.123. The highest BCUT2D eigenvalue weighted by Crippen LogP contribution is 2.30. The summed E-state index contributed by atoms with van der Waals surface area (Å²) < 4.78 is 31.9. The predicted octanol–water partition coefficient (Wildman–Crippen LogP) is 0.827. The van der Waals surface area contributed by atoms with Crippen LogP contribution in [0.15, 0.2) is 29.2 Å². The van der Waals surface area contributed by atoms with E-state index in [-0.39, 0.29) is 11.4 Å². The highest BCUT2D eigenvalue weighted by atomic mass is 32.2. The third kappa shape index (κ3) is 4.25. The minimum Gasteiger partial charge on any atom is -0.392 e. The van der Waals surface area contributed by atoms with Crippen LogP contribution < -0.4 is 5.73 Å². The molecule has 2 aliphatic heterocycles. The van der Waals surface area contributed by atoms with Gasteiger partial charge in [-0.05, 0) is 49.3 Å². The van der Waals surface area contributed by atoms with E-state index >= 15 is 0 Å². The molecule has 8 heteroatoms.